The van der Waals surface area contributed by atoms with Gasteiger partial charge in [-0.25, -0.2) is 9.79 Å². The number of fused-ring (bicyclic) bond motifs is 1. The fourth-order valence-corrected chi connectivity index (χ4v) is 5.70. The number of ether oxygens (including phenoxy) is 2. The molecule has 0 saturated carbocycles. The Morgan fingerprint density at radius 1 is 1.19 bits per heavy atom. The summed E-state index contributed by atoms with van der Waals surface area (Å²) in [5.41, 5.74) is 2.73. The van der Waals surface area contributed by atoms with E-state index in [1.807, 2.05) is 36.4 Å². The molecule has 0 spiro atoms. The van der Waals surface area contributed by atoms with E-state index in [0.717, 1.165) is 24.5 Å². The summed E-state index contributed by atoms with van der Waals surface area (Å²) in [6.45, 7) is 10.9. The Kier molecular flexibility index (Phi) is 7.17. The van der Waals surface area contributed by atoms with Crippen molar-refractivity contribution in [3.05, 3.63) is 84.2 Å². The van der Waals surface area contributed by atoms with Crippen molar-refractivity contribution in [3.8, 4) is 0 Å². The van der Waals surface area contributed by atoms with E-state index < -0.39 is 12.0 Å². The Balaban J connectivity index is 1.60. The molecule has 1 aromatic carbocycles. The summed E-state index contributed by atoms with van der Waals surface area (Å²) < 4.78 is 18.9. The van der Waals surface area contributed by atoms with Crippen molar-refractivity contribution in [1.82, 2.24) is 4.57 Å². The second kappa shape index (κ2) is 10.5. The highest BCUT2D eigenvalue weighted by Crippen LogP contribution is 2.31. The van der Waals surface area contributed by atoms with Gasteiger partial charge >= 0.3 is 5.97 Å². The van der Waals surface area contributed by atoms with Crippen LogP contribution in [-0.2, 0) is 14.3 Å². The third-order valence-corrected chi connectivity index (χ3v) is 7.63. The molecular weight excluding hydrogens is 490 g/mol. The van der Waals surface area contributed by atoms with Gasteiger partial charge in [-0.15, -0.1) is 0 Å². The average Bonchev–Trinajstić information content (AvgIpc) is 3.48. The number of allylic oxidation sites excluding steroid dienone is 1. The third kappa shape index (κ3) is 4.93. The maximum absolute atomic E-state index is 13.8. The molecule has 0 amide bonds. The van der Waals surface area contributed by atoms with E-state index in [2.05, 4.69) is 23.7 Å². The first-order valence-electron chi connectivity index (χ1n) is 12.6. The summed E-state index contributed by atoms with van der Waals surface area (Å²) in [4.78, 5) is 34.1. The maximum atomic E-state index is 13.8. The van der Waals surface area contributed by atoms with Crippen molar-refractivity contribution in [3.63, 3.8) is 0 Å². The number of aromatic nitrogens is 1. The number of esters is 1. The number of anilines is 1. The van der Waals surface area contributed by atoms with Crippen molar-refractivity contribution in [1.29, 1.82) is 0 Å². The Morgan fingerprint density at radius 3 is 2.59 bits per heavy atom. The first-order chi connectivity index (χ1) is 17.9. The minimum atomic E-state index is -0.626. The van der Waals surface area contributed by atoms with Crippen molar-refractivity contribution in [2.45, 2.75) is 39.7 Å². The van der Waals surface area contributed by atoms with Gasteiger partial charge in [-0.3, -0.25) is 9.36 Å². The summed E-state index contributed by atoms with van der Waals surface area (Å²) >= 11 is 1.29. The lowest BCUT2D eigenvalue weighted by molar-refractivity contribution is -0.139. The molecule has 1 fully saturated rings. The molecule has 9 heteroatoms. The molecule has 1 unspecified atom stereocenters. The van der Waals surface area contributed by atoms with Crippen LogP contribution in [-0.4, -0.2) is 43.4 Å². The predicted octanol–water partition coefficient (Wildman–Crippen LogP) is 3.35. The number of carbonyl (C=O) groups is 1. The van der Waals surface area contributed by atoms with E-state index in [1.165, 1.54) is 16.9 Å². The number of hydrogen-bond donors (Lipinski definition) is 0. The van der Waals surface area contributed by atoms with Crippen molar-refractivity contribution >= 4 is 29.3 Å². The van der Waals surface area contributed by atoms with E-state index in [0.29, 0.717) is 45.5 Å². The predicted molar refractivity (Wildman–Crippen MR) is 143 cm³/mol. The average molecular weight is 522 g/mol. The number of thiazole rings is 1. The van der Waals surface area contributed by atoms with Gasteiger partial charge < -0.3 is 18.8 Å². The molecule has 8 nitrogen and oxygen atoms in total. The van der Waals surface area contributed by atoms with Gasteiger partial charge in [-0.1, -0.05) is 49.4 Å². The van der Waals surface area contributed by atoms with Gasteiger partial charge in [0.2, 0.25) is 0 Å². The van der Waals surface area contributed by atoms with Crippen LogP contribution < -0.4 is 19.8 Å². The normalized spacial score (nSPS) is 18.2. The standard InChI is InChI=1S/C28H31N3O5S/c1-5-35-27(33)24-18(4)29-28-31(25(24)20-8-6-19(7-9-20)17(2)3)26(32)22(37-28)16-21-10-11-23(36-21)30-12-14-34-15-13-30/h6-11,16-17,25H,5,12-15H2,1-4H3/b22-16-. The van der Waals surface area contributed by atoms with E-state index in [4.69, 9.17) is 13.9 Å². The monoisotopic (exact) mass is 521 g/mol. The van der Waals surface area contributed by atoms with Crippen LogP contribution in [0.4, 0.5) is 5.88 Å². The van der Waals surface area contributed by atoms with Gasteiger partial charge in [0, 0.05) is 25.2 Å². The summed E-state index contributed by atoms with van der Waals surface area (Å²) in [5.74, 6) is 1.25. The molecule has 194 valence electrons. The van der Waals surface area contributed by atoms with Gasteiger partial charge in [0.05, 0.1) is 41.7 Å². The van der Waals surface area contributed by atoms with Gasteiger partial charge in [0.1, 0.15) is 5.76 Å². The second-order valence-electron chi connectivity index (χ2n) is 9.40. The summed E-state index contributed by atoms with van der Waals surface area (Å²) in [5, 5.41) is 0. The molecule has 1 saturated heterocycles. The number of carbonyl (C=O) groups excluding carboxylic acids is 1. The molecule has 0 aliphatic carbocycles. The molecule has 1 atom stereocenters. The number of hydrogen-bond acceptors (Lipinski definition) is 8. The quantitative estimate of drug-likeness (QED) is 0.463. The van der Waals surface area contributed by atoms with Crippen LogP contribution in [0.5, 0.6) is 0 Å². The molecule has 37 heavy (non-hydrogen) atoms. The number of nitrogens with zero attached hydrogens (tertiary/aromatic N) is 3. The molecule has 3 aromatic rings. The lowest BCUT2D eigenvalue weighted by Gasteiger charge is -2.26. The van der Waals surface area contributed by atoms with Gasteiger partial charge in [-0.2, -0.15) is 0 Å². The molecule has 2 aliphatic rings. The van der Waals surface area contributed by atoms with Crippen LogP contribution in [0.1, 0.15) is 56.5 Å². The molecule has 5 rings (SSSR count). The molecule has 4 heterocycles. The fraction of sp³-hybridized carbons (Fsp3) is 0.393. The van der Waals surface area contributed by atoms with E-state index in [9.17, 15) is 9.59 Å². The zero-order valence-corrected chi connectivity index (χ0v) is 22.3. The number of morpholine rings is 1. The number of furan rings is 1. The van der Waals surface area contributed by atoms with Crippen LogP contribution in [0, 0.1) is 0 Å². The molecule has 0 radical (unpaired) electrons. The Labute approximate surface area is 219 Å². The summed E-state index contributed by atoms with van der Waals surface area (Å²) in [6, 6.07) is 11.2. The van der Waals surface area contributed by atoms with Crippen LogP contribution in [0.2, 0.25) is 0 Å². The smallest absolute Gasteiger partial charge is 0.338 e. The first-order valence-corrected chi connectivity index (χ1v) is 13.4. The molecular formula is C28H31N3O5S. The van der Waals surface area contributed by atoms with Gasteiger partial charge in [0.25, 0.3) is 5.56 Å². The molecule has 0 bridgehead atoms. The highest BCUT2D eigenvalue weighted by molar-refractivity contribution is 7.07. The summed E-state index contributed by atoms with van der Waals surface area (Å²) in [7, 11) is 0. The lowest BCUT2D eigenvalue weighted by Crippen LogP contribution is -2.39. The molecule has 2 aliphatic heterocycles. The number of benzene rings is 1. The van der Waals surface area contributed by atoms with Crippen molar-refractivity contribution in [2.24, 2.45) is 4.99 Å². The highest BCUT2D eigenvalue weighted by atomic mass is 32.1. The zero-order chi connectivity index (χ0) is 26.1. The van der Waals surface area contributed by atoms with Crippen LogP contribution in [0.15, 0.2) is 61.9 Å². The second-order valence-corrected chi connectivity index (χ2v) is 10.4. The fourth-order valence-electron chi connectivity index (χ4n) is 4.67. The first kappa shape index (κ1) is 25.2. The highest BCUT2D eigenvalue weighted by Gasteiger charge is 2.33. The van der Waals surface area contributed by atoms with Crippen molar-refractivity contribution < 1.29 is 18.7 Å². The third-order valence-electron chi connectivity index (χ3n) is 6.64. The largest absolute Gasteiger partial charge is 0.463 e. The lowest BCUT2D eigenvalue weighted by atomic mass is 9.93. The van der Waals surface area contributed by atoms with Crippen LogP contribution in [0.3, 0.4) is 0 Å². The molecule has 0 N–H and O–H groups in total. The Hall–Kier alpha value is -3.43. The van der Waals surface area contributed by atoms with E-state index in [1.54, 1.807) is 24.5 Å². The number of rotatable bonds is 6. The van der Waals surface area contributed by atoms with Gasteiger partial charge in [0.15, 0.2) is 10.7 Å². The minimum absolute atomic E-state index is 0.222. The SMILES string of the molecule is CCOC(=O)C1=C(C)N=c2s/c(=C\c3ccc(N4CCOCC4)o3)c(=O)n2C1c1ccc(C(C)C)cc1. The summed E-state index contributed by atoms with van der Waals surface area (Å²) in [6.07, 6.45) is 1.75. The Bertz CT molecular complexity index is 1500. The van der Waals surface area contributed by atoms with Crippen LogP contribution in [0.25, 0.3) is 6.08 Å². The zero-order valence-electron chi connectivity index (χ0n) is 21.5. The minimum Gasteiger partial charge on any atom is -0.463 e. The molecule has 2 aromatic heterocycles. The van der Waals surface area contributed by atoms with E-state index in [-0.39, 0.29) is 12.2 Å². The van der Waals surface area contributed by atoms with E-state index >= 15 is 0 Å². The Morgan fingerprint density at radius 2 is 1.92 bits per heavy atom. The van der Waals surface area contributed by atoms with Crippen LogP contribution >= 0.6 is 11.3 Å². The maximum Gasteiger partial charge on any atom is 0.338 e. The topological polar surface area (TPSA) is 86.3 Å². The van der Waals surface area contributed by atoms with Crippen molar-refractivity contribution in [2.75, 3.05) is 37.8 Å². The van der Waals surface area contributed by atoms with Gasteiger partial charge in [-0.05, 0) is 37.0 Å².